The number of aryl methyl sites for hydroxylation is 1. The molecule has 1 spiro atoms. The summed E-state index contributed by atoms with van der Waals surface area (Å²) in [4.78, 5) is 21.1. The zero-order valence-electron chi connectivity index (χ0n) is 13.9. The summed E-state index contributed by atoms with van der Waals surface area (Å²) in [7, 11) is 0. The van der Waals surface area contributed by atoms with Crippen LogP contribution in [-0.4, -0.2) is 53.4 Å². The Kier molecular flexibility index (Phi) is 4.37. The summed E-state index contributed by atoms with van der Waals surface area (Å²) in [6.07, 6.45) is 3.50. The van der Waals surface area contributed by atoms with Crippen LogP contribution >= 0.6 is 11.3 Å². The van der Waals surface area contributed by atoms with Gasteiger partial charge in [0, 0.05) is 37.0 Å². The Morgan fingerprint density at radius 2 is 2.04 bits per heavy atom. The fraction of sp³-hybridized carbons (Fsp3) is 0.474. The molecule has 4 nitrogen and oxygen atoms in total. The third-order valence-electron chi connectivity index (χ3n) is 5.28. The van der Waals surface area contributed by atoms with E-state index in [1.807, 2.05) is 10.3 Å². The summed E-state index contributed by atoms with van der Waals surface area (Å²) in [5.74, 6) is 0.107. The SMILES string of the molecule is O=C(c1cscn1)N1CCC2(CN(CCCc3ccccc3)C2)C1. The van der Waals surface area contributed by atoms with E-state index in [4.69, 9.17) is 0 Å². The summed E-state index contributed by atoms with van der Waals surface area (Å²) in [6.45, 7) is 5.23. The number of hydrogen-bond acceptors (Lipinski definition) is 4. The second-order valence-corrected chi connectivity index (χ2v) is 7.87. The normalized spacial score (nSPS) is 19.6. The topological polar surface area (TPSA) is 36.4 Å². The summed E-state index contributed by atoms with van der Waals surface area (Å²) < 4.78 is 0. The molecule has 0 radical (unpaired) electrons. The molecule has 5 heteroatoms. The average Bonchev–Trinajstić information content (AvgIpc) is 3.25. The second kappa shape index (κ2) is 6.65. The predicted molar refractivity (Wildman–Crippen MR) is 96.3 cm³/mol. The Labute approximate surface area is 147 Å². The van der Waals surface area contributed by atoms with E-state index in [0.717, 1.165) is 45.6 Å². The van der Waals surface area contributed by atoms with E-state index in [2.05, 4.69) is 40.2 Å². The molecule has 1 aromatic heterocycles. The van der Waals surface area contributed by atoms with Crippen LogP contribution in [0, 0.1) is 5.41 Å². The Hall–Kier alpha value is -1.72. The van der Waals surface area contributed by atoms with Crippen molar-refractivity contribution in [2.45, 2.75) is 19.3 Å². The maximum absolute atomic E-state index is 12.4. The van der Waals surface area contributed by atoms with Crippen molar-refractivity contribution in [1.29, 1.82) is 0 Å². The lowest BCUT2D eigenvalue weighted by molar-refractivity contribution is 0.00821. The number of carbonyl (C=O) groups is 1. The minimum Gasteiger partial charge on any atom is -0.337 e. The van der Waals surface area contributed by atoms with E-state index in [1.165, 1.54) is 23.3 Å². The number of aromatic nitrogens is 1. The molecular formula is C19H23N3OS. The first-order chi connectivity index (χ1) is 11.7. The highest BCUT2D eigenvalue weighted by Crippen LogP contribution is 2.39. The van der Waals surface area contributed by atoms with Crippen molar-refractivity contribution in [3.05, 3.63) is 52.5 Å². The van der Waals surface area contributed by atoms with E-state index in [-0.39, 0.29) is 5.91 Å². The largest absolute Gasteiger partial charge is 0.337 e. The minimum absolute atomic E-state index is 0.107. The van der Waals surface area contributed by atoms with Gasteiger partial charge in [-0.1, -0.05) is 30.3 Å². The summed E-state index contributed by atoms with van der Waals surface area (Å²) >= 11 is 1.49. The smallest absolute Gasteiger partial charge is 0.273 e. The summed E-state index contributed by atoms with van der Waals surface area (Å²) in [5.41, 5.74) is 4.11. The lowest BCUT2D eigenvalue weighted by Gasteiger charge is -2.48. The fourth-order valence-electron chi connectivity index (χ4n) is 4.06. The molecule has 2 aliphatic heterocycles. The van der Waals surface area contributed by atoms with Crippen LogP contribution in [0.15, 0.2) is 41.2 Å². The van der Waals surface area contributed by atoms with Crippen molar-refractivity contribution in [2.24, 2.45) is 5.41 Å². The van der Waals surface area contributed by atoms with Crippen molar-refractivity contribution in [2.75, 3.05) is 32.7 Å². The highest BCUT2D eigenvalue weighted by atomic mass is 32.1. The number of nitrogens with zero attached hydrogens (tertiary/aromatic N) is 3. The quantitative estimate of drug-likeness (QED) is 0.839. The molecular weight excluding hydrogens is 318 g/mol. The molecule has 2 aromatic rings. The van der Waals surface area contributed by atoms with Crippen LogP contribution in [0.1, 0.15) is 28.9 Å². The van der Waals surface area contributed by atoms with Crippen LogP contribution in [0.25, 0.3) is 0 Å². The van der Waals surface area contributed by atoms with Crippen molar-refractivity contribution in [3.63, 3.8) is 0 Å². The first-order valence-corrected chi connectivity index (χ1v) is 9.62. The van der Waals surface area contributed by atoms with E-state index < -0.39 is 0 Å². The first-order valence-electron chi connectivity index (χ1n) is 8.68. The Morgan fingerprint density at radius 1 is 1.21 bits per heavy atom. The van der Waals surface area contributed by atoms with Gasteiger partial charge in [-0.3, -0.25) is 4.79 Å². The molecule has 0 unspecified atom stereocenters. The van der Waals surface area contributed by atoms with E-state index in [0.29, 0.717) is 11.1 Å². The van der Waals surface area contributed by atoms with E-state index >= 15 is 0 Å². The van der Waals surface area contributed by atoms with Crippen molar-refractivity contribution in [3.8, 4) is 0 Å². The molecule has 2 aliphatic rings. The molecule has 1 aromatic carbocycles. The van der Waals surface area contributed by atoms with Crippen LogP contribution in [-0.2, 0) is 6.42 Å². The maximum Gasteiger partial charge on any atom is 0.273 e. The lowest BCUT2D eigenvalue weighted by atomic mass is 9.79. The van der Waals surface area contributed by atoms with Gasteiger partial charge in [0.2, 0.25) is 0 Å². The number of carbonyl (C=O) groups excluding carboxylic acids is 1. The molecule has 4 rings (SSSR count). The maximum atomic E-state index is 12.4. The fourth-order valence-corrected chi connectivity index (χ4v) is 4.58. The molecule has 0 aliphatic carbocycles. The lowest BCUT2D eigenvalue weighted by Crippen LogP contribution is -2.57. The van der Waals surface area contributed by atoms with Gasteiger partial charge in [-0.25, -0.2) is 4.98 Å². The third kappa shape index (κ3) is 3.23. The zero-order valence-corrected chi connectivity index (χ0v) is 14.7. The average molecular weight is 341 g/mol. The van der Waals surface area contributed by atoms with E-state index in [9.17, 15) is 4.79 Å². The Balaban J connectivity index is 1.22. The number of thiazole rings is 1. The van der Waals surface area contributed by atoms with Crippen molar-refractivity contribution < 1.29 is 4.79 Å². The molecule has 0 atom stereocenters. The van der Waals surface area contributed by atoms with Crippen LogP contribution in [0.2, 0.25) is 0 Å². The highest BCUT2D eigenvalue weighted by Gasteiger charge is 2.48. The highest BCUT2D eigenvalue weighted by molar-refractivity contribution is 7.07. The number of amides is 1. The second-order valence-electron chi connectivity index (χ2n) is 7.15. The van der Waals surface area contributed by atoms with Gasteiger partial charge in [-0.05, 0) is 31.4 Å². The number of benzene rings is 1. The molecule has 2 saturated heterocycles. The molecule has 24 heavy (non-hydrogen) atoms. The van der Waals surface area contributed by atoms with Crippen LogP contribution in [0.3, 0.4) is 0 Å². The molecule has 126 valence electrons. The first kappa shape index (κ1) is 15.8. The van der Waals surface area contributed by atoms with Gasteiger partial charge in [-0.15, -0.1) is 11.3 Å². The van der Waals surface area contributed by atoms with Crippen LogP contribution in [0.5, 0.6) is 0 Å². The number of rotatable bonds is 5. The Morgan fingerprint density at radius 3 is 2.79 bits per heavy atom. The van der Waals surface area contributed by atoms with Crippen LogP contribution in [0.4, 0.5) is 0 Å². The third-order valence-corrected chi connectivity index (χ3v) is 5.86. The summed E-state index contributed by atoms with van der Waals surface area (Å²) in [5, 5.41) is 1.85. The number of likely N-dealkylation sites (tertiary alicyclic amines) is 2. The summed E-state index contributed by atoms with van der Waals surface area (Å²) in [6, 6.07) is 10.7. The van der Waals surface area contributed by atoms with Gasteiger partial charge >= 0.3 is 0 Å². The van der Waals surface area contributed by atoms with Gasteiger partial charge in [0.25, 0.3) is 5.91 Å². The van der Waals surface area contributed by atoms with E-state index in [1.54, 1.807) is 5.51 Å². The zero-order chi connectivity index (χ0) is 16.4. The van der Waals surface area contributed by atoms with Crippen molar-refractivity contribution >= 4 is 17.2 Å². The molecule has 2 fully saturated rings. The van der Waals surface area contributed by atoms with Gasteiger partial charge < -0.3 is 9.80 Å². The number of hydrogen-bond donors (Lipinski definition) is 0. The van der Waals surface area contributed by atoms with Crippen molar-refractivity contribution in [1.82, 2.24) is 14.8 Å². The molecule has 3 heterocycles. The van der Waals surface area contributed by atoms with Gasteiger partial charge in [0.15, 0.2) is 0 Å². The monoisotopic (exact) mass is 341 g/mol. The molecule has 0 N–H and O–H groups in total. The standard InChI is InChI=1S/C19H23N3OS/c23-18(17-11-24-15-20-17)22-10-8-19(14-22)12-21(13-19)9-4-7-16-5-2-1-3-6-16/h1-3,5-6,11,15H,4,7-10,12-14H2. The molecule has 1 amide bonds. The van der Waals surface area contributed by atoms with Gasteiger partial charge in [-0.2, -0.15) is 0 Å². The van der Waals surface area contributed by atoms with Gasteiger partial charge in [0.1, 0.15) is 5.69 Å². The Bertz CT molecular complexity index is 680. The van der Waals surface area contributed by atoms with Crippen LogP contribution < -0.4 is 0 Å². The molecule has 0 saturated carbocycles. The molecule has 0 bridgehead atoms. The predicted octanol–water partition coefficient (Wildman–Crippen LogP) is 2.92. The minimum atomic E-state index is 0.107. The van der Waals surface area contributed by atoms with Gasteiger partial charge in [0.05, 0.1) is 5.51 Å².